The number of amides is 2. The van der Waals surface area contributed by atoms with Crippen LogP contribution in [0.4, 0.5) is 14.9 Å². The van der Waals surface area contributed by atoms with Crippen molar-refractivity contribution in [3.05, 3.63) is 72.2 Å². The largest absolute Gasteiger partial charge is 0.465 e. The Morgan fingerprint density at radius 1 is 0.972 bits per heavy atom. The van der Waals surface area contributed by atoms with E-state index in [0.717, 1.165) is 25.1 Å². The minimum atomic E-state index is -0.891. The molecule has 1 aromatic heterocycles. The number of nitrogens with two attached hydrogens (primary N) is 1. The molecule has 5 rings (SSSR count). The van der Waals surface area contributed by atoms with E-state index in [-0.39, 0.29) is 16.9 Å². The minimum Gasteiger partial charge on any atom is -0.465 e. The van der Waals surface area contributed by atoms with Gasteiger partial charge in [0.1, 0.15) is 28.6 Å². The van der Waals surface area contributed by atoms with Crippen LogP contribution in [0.5, 0.6) is 23.1 Å². The van der Waals surface area contributed by atoms with Gasteiger partial charge in [0.15, 0.2) is 0 Å². The number of hydrogen-bond acceptors (Lipinski definition) is 6. The summed E-state index contributed by atoms with van der Waals surface area (Å²) in [6.07, 6.45) is 2.42. The summed E-state index contributed by atoms with van der Waals surface area (Å²) >= 11 is 0. The third-order valence-electron chi connectivity index (χ3n) is 6.68. The van der Waals surface area contributed by atoms with Gasteiger partial charge in [-0.2, -0.15) is 0 Å². The number of hydrogen-bond donors (Lipinski definition) is 2. The summed E-state index contributed by atoms with van der Waals surface area (Å²) in [5.41, 5.74) is 6.42. The summed E-state index contributed by atoms with van der Waals surface area (Å²) in [5.74, 6) is 0.297. The van der Waals surface area contributed by atoms with Gasteiger partial charge in [0.05, 0.1) is 11.9 Å². The standard InChI is InChI=1S/C26H25FN4O5/c27-17-2-1-3-21(12-17)35-19-4-6-20(7-5-19)36-24-22(23(28)32)13-18(14-29-24)30-10-8-26(15-30)9-11-31(16-26)25(33)34/h1-7,12-14H,8-11,15-16H2,(H2,28,32)(H,33,34). The second kappa shape index (κ2) is 9.37. The van der Waals surface area contributed by atoms with Crippen LogP contribution in [0, 0.1) is 11.2 Å². The minimum absolute atomic E-state index is 0.0804. The number of anilines is 1. The van der Waals surface area contributed by atoms with Crippen LogP contribution in [-0.4, -0.2) is 53.2 Å². The highest BCUT2D eigenvalue weighted by molar-refractivity contribution is 5.96. The Balaban J connectivity index is 1.28. The number of ether oxygens (including phenoxy) is 2. The maximum atomic E-state index is 13.4. The van der Waals surface area contributed by atoms with Crippen molar-refractivity contribution in [3.8, 4) is 23.1 Å². The molecule has 2 fully saturated rings. The van der Waals surface area contributed by atoms with Gasteiger partial charge in [-0.15, -0.1) is 0 Å². The number of carbonyl (C=O) groups excluding carboxylic acids is 1. The topological polar surface area (TPSA) is 118 Å². The first-order valence-electron chi connectivity index (χ1n) is 11.5. The third-order valence-corrected chi connectivity index (χ3v) is 6.68. The highest BCUT2D eigenvalue weighted by Crippen LogP contribution is 2.41. The van der Waals surface area contributed by atoms with Gasteiger partial charge < -0.3 is 30.1 Å². The van der Waals surface area contributed by atoms with Crippen molar-refractivity contribution >= 4 is 17.7 Å². The number of aromatic nitrogens is 1. The van der Waals surface area contributed by atoms with Crippen LogP contribution >= 0.6 is 0 Å². The Hall–Kier alpha value is -4.34. The summed E-state index contributed by atoms with van der Waals surface area (Å²) in [5, 5.41) is 9.30. The maximum Gasteiger partial charge on any atom is 0.407 e. The van der Waals surface area contributed by atoms with Crippen molar-refractivity contribution in [1.29, 1.82) is 0 Å². The van der Waals surface area contributed by atoms with E-state index in [2.05, 4.69) is 9.88 Å². The molecule has 0 bridgehead atoms. The molecule has 186 valence electrons. The lowest BCUT2D eigenvalue weighted by Gasteiger charge is -2.25. The zero-order valence-corrected chi connectivity index (χ0v) is 19.4. The van der Waals surface area contributed by atoms with Crippen LogP contribution in [0.25, 0.3) is 0 Å². The van der Waals surface area contributed by atoms with Crippen LogP contribution in [0.15, 0.2) is 60.8 Å². The predicted molar refractivity (Wildman–Crippen MR) is 129 cm³/mol. The zero-order valence-electron chi connectivity index (χ0n) is 19.4. The summed E-state index contributed by atoms with van der Waals surface area (Å²) < 4.78 is 24.8. The fourth-order valence-corrected chi connectivity index (χ4v) is 4.81. The van der Waals surface area contributed by atoms with Gasteiger partial charge in [0, 0.05) is 37.7 Å². The maximum absolute atomic E-state index is 13.4. The van der Waals surface area contributed by atoms with Gasteiger partial charge in [-0.3, -0.25) is 4.79 Å². The Bertz CT molecular complexity index is 1300. The van der Waals surface area contributed by atoms with Gasteiger partial charge in [-0.25, -0.2) is 14.2 Å². The molecule has 2 aliphatic rings. The average molecular weight is 493 g/mol. The summed E-state index contributed by atoms with van der Waals surface area (Å²) in [6.45, 7) is 2.46. The van der Waals surface area contributed by atoms with Gasteiger partial charge in [0.25, 0.3) is 5.91 Å². The SMILES string of the molecule is NC(=O)c1cc(N2CCC3(CCN(C(=O)O)C3)C2)cnc1Oc1ccc(Oc2cccc(F)c2)cc1. The van der Waals surface area contributed by atoms with E-state index >= 15 is 0 Å². The van der Waals surface area contributed by atoms with E-state index in [4.69, 9.17) is 15.2 Å². The number of carboxylic acid groups (broad SMARTS) is 1. The number of rotatable bonds is 6. The molecule has 9 nitrogen and oxygen atoms in total. The van der Waals surface area contributed by atoms with E-state index in [1.807, 2.05) is 0 Å². The first kappa shape index (κ1) is 23.4. The lowest BCUT2D eigenvalue weighted by Crippen LogP contribution is -2.33. The van der Waals surface area contributed by atoms with E-state index in [1.165, 1.54) is 17.0 Å². The molecule has 2 saturated heterocycles. The second-order valence-electron chi connectivity index (χ2n) is 9.17. The number of likely N-dealkylation sites (tertiary alicyclic amines) is 1. The quantitative estimate of drug-likeness (QED) is 0.521. The van der Waals surface area contributed by atoms with Gasteiger partial charge >= 0.3 is 6.09 Å². The molecule has 1 spiro atoms. The molecular weight excluding hydrogens is 467 g/mol. The molecule has 3 heterocycles. The second-order valence-corrected chi connectivity index (χ2v) is 9.17. The van der Waals surface area contributed by atoms with Crippen molar-refractivity contribution in [2.24, 2.45) is 11.1 Å². The molecule has 1 unspecified atom stereocenters. The smallest absolute Gasteiger partial charge is 0.407 e. The normalized spacial score (nSPS) is 19.0. The van der Waals surface area contributed by atoms with Crippen LogP contribution < -0.4 is 20.1 Å². The van der Waals surface area contributed by atoms with Crippen molar-refractivity contribution < 1.29 is 28.6 Å². The summed E-state index contributed by atoms with van der Waals surface area (Å²) in [6, 6.07) is 14.1. The monoisotopic (exact) mass is 492 g/mol. The number of halogens is 1. The van der Waals surface area contributed by atoms with Gasteiger partial charge in [-0.05, 0) is 55.3 Å². The van der Waals surface area contributed by atoms with E-state index in [1.54, 1.807) is 48.7 Å². The Morgan fingerprint density at radius 3 is 2.36 bits per heavy atom. The van der Waals surface area contributed by atoms with Crippen molar-refractivity contribution in [2.75, 3.05) is 31.1 Å². The fourth-order valence-electron chi connectivity index (χ4n) is 4.81. The lowest BCUT2D eigenvalue weighted by molar-refractivity contribution is 0.0997. The average Bonchev–Trinajstić information content (AvgIpc) is 3.47. The lowest BCUT2D eigenvalue weighted by atomic mass is 9.86. The molecule has 1 atom stereocenters. The molecule has 0 radical (unpaired) electrons. The summed E-state index contributed by atoms with van der Waals surface area (Å²) in [4.78, 5) is 31.4. The Labute approximate surface area is 206 Å². The zero-order chi connectivity index (χ0) is 25.3. The number of pyridine rings is 1. The predicted octanol–water partition coefficient (Wildman–Crippen LogP) is 4.48. The molecule has 0 aliphatic carbocycles. The van der Waals surface area contributed by atoms with Crippen LogP contribution in [0.2, 0.25) is 0 Å². The highest BCUT2D eigenvalue weighted by atomic mass is 19.1. The van der Waals surface area contributed by atoms with Crippen LogP contribution in [-0.2, 0) is 0 Å². The highest BCUT2D eigenvalue weighted by Gasteiger charge is 2.45. The first-order valence-corrected chi connectivity index (χ1v) is 11.5. The van der Waals surface area contributed by atoms with Crippen LogP contribution in [0.1, 0.15) is 23.2 Å². The molecule has 0 saturated carbocycles. The molecule has 36 heavy (non-hydrogen) atoms. The van der Waals surface area contributed by atoms with Gasteiger partial charge in [-0.1, -0.05) is 6.07 Å². The number of carbonyl (C=O) groups is 2. The number of benzene rings is 2. The third kappa shape index (κ3) is 4.88. The fraction of sp³-hybridized carbons (Fsp3) is 0.269. The Kier molecular flexibility index (Phi) is 6.09. The van der Waals surface area contributed by atoms with E-state index < -0.39 is 17.8 Å². The van der Waals surface area contributed by atoms with Gasteiger partial charge in [0.2, 0.25) is 5.88 Å². The molecule has 2 aliphatic heterocycles. The van der Waals surface area contributed by atoms with Crippen molar-refractivity contribution in [3.63, 3.8) is 0 Å². The number of primary amides is 1. The first-order chi connectivity index (χ1) is 17.3. The summed E-state index contributed by atoms with van der Waals surface area (Å²) in [7, 11) is 0. The molecule has 10 heteroatoms. The van der Waals surface area contributed by atoms with E-state index in [0.29, 0.717) is 36.9 Å². The molecule has 2 aromatic carbocycles. The Morgan fingerprint density at radius 2 is 1.69 bits per heavy atom. The molecular formula is C26H25FN4O5. The number of nitrogens with zero attached hydrogens (tertiary/aromatic N) is 3. The van der Waals surface area contributed by atoms with Crippen molar-refractivity contribution in [2.45, 2.75) is 12.8 Å². The molecule has 3 aromatic rings. The van der Waals surface area contributed by atoms with Crippen molar-refractivity contribution in [1.82, 2.24) is 9.88 Å². The molecule has 3 N–H and O–H groups in total. The van der Waals surface area contributed by atoms with E-state index in [9.17, 15) is 19.1 Å². The van der Waals surface area contributed by atoms with Crippen LogP contribution in [0.3, 0.4) is 0 Å². The molecule has 2 amide bonds.